The first-order valence-electron chi connectivity index (χ1n) is 9.16. The first kappa shape index (κ1) is 19.6. The third-order valence-electron chi connectivity index (χ3n) is 4.49. The van der Waals surface area contributed by atoms with Crippen LogP contribution >= 0.6 is 23.1 Å². The Bertz CT molecular complexity index is 1110. The summed E-state index contributed by atoms with van der Waals surface area (Å²) in [5.41, 5.74) is 3.56. The van der Waals surface area contributed by atoms with Gasteiger partial charge < -0.3 is 4.90 Å². The molecule has 1 heterocycles. The molecule has 0 aliphatic heterocycles. The van der Waals surface area contributed by atoms with Crippen LogP contribution in [0.1, 0.15) is 21.5 Å². The van der Waals surface area contributed by atoms with Crippen LogP contribution in [0, 0.1) is 5.82 Å². The molecule has 0 aliphatic carbocycles. The number of benzene rings is 3. The maximum absolute atomic E-state index is 13.3. The molecule has 0 bridgehead atoms. The quantitative estimate of drug-likeness (QED) is 0.357. The van der Waals surface area contributed by atoms with Crippen LogP contribution in [0.3, 0.4) is 0 Å². The van der Waals surface area contributed by atoms with Gasteiger partial charge in [-0.05, 0) is 47.5 Å². The number of amides is 1. The zero-order chi connectivity index (χ0) is 20.2. The van der Waals surface area contributed by atoms with E-state index in [2.05, 4.69) is 11.1 Å². The van der Waals surface area contributed by atoms with Crippen molar-refractivity contribution in [1.29, 1.82) is 0 Å². The highest BCUT2D eigenvalue weighted by Gasteiger charge is 2.12. The monoisotopic (exact) mass is 422 g/mol. The number of thiazole rings is 1. The summed E-state index contributed by atoms with van der Waals surface area (Å²) in [6, 6.07) is 22.1. The van der Waals surface area contributed by atoms with Gasteiger partial charge in [-0.25, -0.2) is 9.37 Å². The molecule has 0 unspecified atom stereocenters. The van der Waals surface area contributed by atoms with Gasteiger partial charge in [0.15, 0.2) is 4.34 Å². The van der Waals surface area contributed by atoms with Gasteiger partial charge in [0.05, 0.1) is 10.2 Å². The zero-order valence-electron chi connectivity index (χ0n) is 15.8. The Labute approximate surface area is 177 Å². The Hall–Kier alpha value is -2.70. The lowest BCUT2D eigenvalue weighted by Crippen LogP contribution is -2.26. The largest absolute Gasteiger partial charge is 0.337 e. The van der Waals surface area contributed by atoms with E-state index in [1.165, 1.54) is 16.8 Å². The Kier molecular flexibility index (Phi) is 5.92. The number of rotatable bonds is 6. The zero-order valence-corrected chi connectivity index (χ0v) is 17.5. The number of carbonyl (C=O) groups is 1. The van der Waals surface area contributed by atoms with Crippen molar-refractivity contribution in [2.75, 3.05) is 7.05 Å². The van der Waals surface area contributed by atoms with E-state index in [4.69, 9.17) is 0 Å². The van der Waals surface area contributed by atoms with Crippen LogP contribution in [0.2, 0.25) is 0 Å². The maximum Gasteiger partial charge on any atom is 0.253 e. The van der Waals surface area contributed by atoms with Gasteiger partial charge >= 0.3 is 0 Å². The summed E-state index contributed by atoms with van der Waals surface area (Å²) in [7, 11) is 1.73. The summed E-state index contributed by atoms with van der Waals surface area (Å²) >= 11 is 3.39. The van der Waals surface area contributed by atoms with E-state index in [-0.39, 0.29) is 11.7 Å². The lowest BCUT2D eigenvalue weighted by Gasteiger charge is -2.17. The molecule has 1 aromatic heterocycles. The predicted molar refractivity (Wildman–Crippen MR) is 118 cm³/mol. The Morgan fingerprint density at radius 3 is 2.59 bits per heavy atom. The number of hydrogen-bond acceptors (Lipinski definition) is 4. The van der Waals surface area contributed by atoms with Crippen molar-refractivity contribution in [3.8, 4) is 0 Å². The Balaban J connectivity index is 1.37. The number of hydrogen-bond donors (Lipinski definition) is 0. The second kappa shape index (κ2) is 8.76. The van der Waals surface area contributed by atoms with Gasteiger partial charge in [-0.3, -0.25) is 4.79 Å². The topological polar surface area (TPSA) is 33.2 Å². The SMILES string of the molecule is CN(Cc1cccc(F)c1)C(=O)c1ccc(CSc2nc3ccccc3s2)cc1. The van der Waals surface area contributed by atoms with Gasteiger partial charge in [0.1, 0.15) is 5.82 Å². The van der Waals surface area contributed by atoms with Crippen LogP contribution in [-0.4, -0.2) is 22.8 Å². The first-order valence-corrected chi connectivity index (χ1v) is 11.0. The van der Waals surface area contributed by atoms with Crippen LogP contribution in [0.5, 0.6) is 0 Å². The second-order valence-electron chi connectivity index (χ2n) is 6.72. The molecule has 4 aromatic rings. The number of aromatic nitrogens is 1. The number of para-hydroxylation sites is 1. The summed E-state index contributed by atoms with van der Waals surface area (Å²) in [6.45, 7) is 0.367. The minimum Gasteiger partial charge on any atom is -0.337 e. The van der Waals surface area contributed by atoms with Crippen molar-refractivity contribution in [1.82, 2.24) is 9.88 Å². The molecule has 6 heteroatoms. The third-order valence-corrected chi connectivity index (χ3v) is 6.74. The molecular formula is C23H19FN2OS2. The number of thioether (sulfide) groups is 1. The van der Waals surface area contributed by atoms with Gasteiger partial charge in [0.2, 0.25) is 0 Å². The van der Waals surface area contributed by atoms with Crippen LogP contribution in [-0.2, 0) is 12.3 Å². The van der Waals surface area contributed by atoms with Gasteiger partial charge in [-0.2, -0.15) is 0 Å². The lowest BCUT2D eigenvalue weighted by molar-refractivity contribution is 0.0785. The van der Waals surface area contributed by atoms with Crippen LogP contribution in [0.25, 0.3) is 10.2 Å². The number of carbonyl (C=O) groups excluding carboxylic acids is 1. The standard InChI is InChI=1S/C23H19FN2OS2/c1-26(14-17-5-4-6-19(24)13-17)22(27)18-11-9-16(10-12-18)15-28-23-25-20-7-2-3-8-21(20)29-23/h2-13H,14-15H2,1H3. The molecule has 1 amide bonds. The molecule has 3 nitrogen and oxygen atoms in total. The first-order chi connectivity index (χ1) is 14.1. The van der Waals surface area contributed by atoms with Gasteiger partial charge in [0.25, 0.3) is 5.91 Å². The molecule has 0 saturated carbocycles. The highest BCUT2D eigenvalue weighted by atomic mass is 32.2. The fraction of sp³-hybridized carbons (Fsp3) is 0.130. The summed E-state index contributed by atoms with van der Waals surface area (Å²) < 4.78 is 15.6. The van der Waals surface area contributed by atoms with Crippen LogP contribution in [0.15, 0.2) is 77.1 Å². The molecule has 0 fully saturated rings. The normalized spacial score (nSPS) is 11.0. The minimum atomic E-state index is -0.293. The molecule has 146 valence electrons. The third kappa shape index (κ3) is 4.83. The molecule has 29 heavy (non-hydrogen) atoms. The summed E-state index contributed by atoms with van der Waals surface area (Å²) in [5, 5.41) is 0. The fourth-order valence-corrected chi connectivity index (χ4v) is 5.03. The molecule has 4 rings (SSSR count). The molecular weight excluding hydrogens is 403 g/mol. The van der Waals surface area contributed by atoms with Crippen molar-refractivity contribution in [2.24, 2.45) is 0 Å². The van der Waals surface area contributed by atoms with Crippen molar-refractivity contribution in [2.45, 2.75) is 16.6 Å². The highest BCUT2D eigenvalue weighted by Crippen LogP contribution is 2.31. The van der Waals surface area contributed by atoms with E-state index < -0.39 is 0 Å². The summed E-state index contributed by atoms with van der Waals surface area (Å²) in [5.74, 6) is 0.422. The van der Waals surface area contributed by atoms with E-state index in [9.17, 15) is 9.18 Å². The average Bonchev–Trinajstić information content (AvgIpc) is 3.15. The van der Waals surface area contributed by atoms with E-state index in [0.29, 0.717) is 12.1 Å². The Morgan fingerprint density at radius 1 is 1.03 bits per heavy atom. The second-order valence-corrected chi connectivity index (χ2v) is 8.98. The summed E-state index contributed by atoms with van der Waals surface area (Å²) in [6.07, 6.45) is 0. The van der Waals surface area contributed by atoms with E-state index >= 15 is 0 Å². The molecule has 0 N–H and O–H groups in total. The predicted octanol–water partition coefficient (Wildman–Crippen LogP) is 6.00. The van der Waals surface area contributed by atoms with E-state index in [1.54, 1.807) is 41.1 Å². The van der Waals surface area contributed by atoms with Crippen molar-refractivity contribution >= 4 is 39.2 Å². The fourth-order valence-electron chi connectivity index (χ4n) is 3.00. The average molecular weight is 423 g/mol. The maximum atomic E-state index is 13.3. The van der Waals surface area contributed by atoms with E-state index in [0.717, 1.165) is 26.7 Å². The number of fused-ring (bicyclic) bond motifs is 1. The van der Waals surface area contributed by atoms with Crippen LogP contribution < -0.4 is 0 Å². The molecule has 0 aliphatic rings. The molecule has 0 atom stereocenters. The van der Waals surface area contributed by atoms with Gasteiger partial charge in [0, 0.05) is 24.9 Å². The van der Waals surface area contributed by atoms with Crippen LogP contribution in [0.4, 0.5) is 4.39 Å². The smallest absolute Gasteiger partial charge is 0.253 e. The molecule has 0 spiro atoms. The number of halogens is 1. The lowest BCUT2D eigenvalue weighted by atomic mass is 10.1. The van der Waals surface area contributed by atoms with E-state index in [1.807, 2.05) is 48.5 Å². The highest BCUT2D eigenvalue weighted by molar-refractivity contribution is 8.00. The van der Waals surface area contributed by atoms with Gasteiger partial charge in [-0.15, -0.1) is 11.3 Å². The van der Waals surface area contributed by atoms with Crippen molar-refractivity contribution in [3.63, 3.8) is 0 Å². The molecule has 0 saturated heterocycles. The molecule has 0 radical (unpaired) electrons. The summed E-state index contributed by atoms with van der Waals surface area (Å²) in [4.78, 5) is 18.9. The minimum absolute atomic E-state index is 0.0837. The molecule has 3 aromatic carbocycles. The van der Waals surface area contributed by atoms with Crippen molar-refractivity contribution in [3.05, 3.63) is 95.3 Å². The van der Waals surface area contributed by atoms with Crippen molar-refractivity contribution < 1.29 is 9.18 Å². The van der Waals surface area contributed by atoms with Gasteiger partial charge in [-0.1, -0.05) is 48.2 Å². The number of nitrogens with zero attached hydrogens (tertiary/aromatic N) is 2. The Morgan fingerprint density at radius 2 is 1.83 bits per heavy atom.